The highest BCUT2D eigenvalue weighted by Crippen LogP contribution is 2.18. The van der Waals surface area contributed by atoms with Crippen molar-refractivity contribution in [3.05, 3.63) is 35.9 Å². The molecule has 1 aromatic carbocycles. The Labute approximate surface area is 158 Å². The minimum atomic E-state index is -0.422. The average Bonchev–Trinajstić information content (AvgIpc) is 3.01. The van der Waals surface area contributed by atoms with Gasteiger partial charge in [0, 0.05) is 19.6 Å². The minimum absolute atomic E-state index is 0. The summed E-state index contributed by atoms with van der Waals surface area (Å²) in [6.07, 6.45) is 1.72. The topological polar surface area (TPSA) is 49.6 Å². The molecule has 24 heavy (non-hydrogen) atoms. The van der Waals surface area contributed by atoms with Gasteiger partial charge in [0.25, 0.3) is 0 Å². The zero-order valence-corrected chi connectivity index (χ0v) is 16.3. The van der Waals surface area contributed by atoms with Gasteiger partial charge in [0.05, 0.1) is 6.04 Å². The highest BCUT2D eigenvalue weighted by atomic mass is 35.5. The number of likely N-dealkylation sites (tertiary alicyclic amines) is 1. The molecule has 0 saturated carbocycles. The van der Waals surface area contributed by atoms with Crippen LogP contribution in [0.25, 0.3) is 0 Å². The Bertz CT molecular complexity index is 469. The second-order valence-electron chi connectivity index (χ2n) is 6.22. The number of nitrogens with zero attached hydrogens (tertiary/aromatic N) is 2. The molecule has 0 radical (unpaired) electrons. The van der Waals surface area contributed by atoms with E-state index in [-0.39, 0.29) is 30.7 Å². The molecule has 2 rings (SSSR count). The van der Waals surface area contributed by atoms with Crippen molar-refractivity contribution in [2.45, 2.75) is 32.7 Å². The van der Waals surface area contributed by atoms with Gasteiger partial charge in [0.1, 0.15) is 0 Å². The summed E-state index contributed by atoms with van der Waals surface area (Å²) in [4.78, 5) is 16.9. The van der Waals surface area contributed by atoms with Crippen molar-refractivity contribution in [2.75, 3.05) is 32.7 Å². The van der Waals surface area contributed by atoms with E-state index in [4.69, 9.17) is 5.73 Å². The molecule has 1 fully saturated rings. The summed E-state index contributed by atoms with van der Waals surface area (Å²) >= 11 is 0. The Kier molecular flexibility index (Phi) is 11.3. The number of rotatable bonds is 7. The molecule has 1 amide bonds. The summed E-state index contributed by atoms with van der Waals surface area (Å²) in [6.45, 7) is 9.34. The minimum Gasteiger partial charge on any atom is -0.341 e. The second-order valence-corrected chi connectivity index (χ2v) is 6.22. The second kappa shape index (κ2) is 11.7. The van der Waals surface area contributed by atoms with E-state index < -0.39 is 6.04 Å². The molecular formula is C18H31Cl2N3O. The van der Waals surface area contributed by atoms with E-state index in [0.29, 0.717) is 12.3 Å². The molecule has 0 spiro atoms. The molecule has 0 aliphatic carbocycles. The van der Waals surface area contributed by atoms with Crippen molar-refractivity contribution in [3.8, 4) is 0 Å². The average molecular weight is 376 g/mol. The summed E-state index contributed by atoms with van der Waals surface area (Å²) in [6, 6.07) is 9.59. The molecule has 2 atom stereocenters. The maximum atomic E-state index is 12.5. The number of benzene rings is 1. The van der Waals surface area contributed by atoms with E-state index in [1.54, 1.807) is 0 Å². The van der Waals surface area contributed by atoms with Crippen LogP contribution in [0.5, 0.6) is 0 Å². The number of nitrogens with two attached hydrogens (primary N) is 1. The van der Waals surface area contributed by atoms with Gasteiger partial charge in [-0.3, -0.25) is 4.79 Å². The van der Waals surface area contributed by atoms with Crippen molar-refractivity contribution in [3.63, 3.8) is 0 Å². The number of carbonyl (C=O) groups is 1. The highest BCUT2D eigenvalue weighted by Gasteiger charge is 2.29. The molecule has 0 aromatic heterocycles. The van der Waals surface area contributed by atoms with Crippen molar-refractivity contribution in [1.29, 1.82) is 0 Å². The number of hydrogen-bond acceptors (Lipinski definition) is 3. The lowest BCUT2D eigenvalue weighted by Crippen LogP contribution is -2.44. The molecule has 1 aliphatic heterocycles. The van der Waals surface area contributed by atoms with Gasteiger partial charge < -0.3 is 15.5 Å². The Morgan fingerprint density at radius 3 is 2.46 bits per heavy atom. The fraction of sp³-hybridized carbons (Fsp3) is 0.611. The molecule has 1 saturated heterocycles. The van der Waals surface area contributed by atoms with Crippen LogP contribution in [0.15, 0.2) is 30.3 Å². The van der Waals surface area contributed by atoms with E-state index >= 15 is 0 Å². The number of carbonyl (C=O) groups excluding carboxylic acids is 1. The van der Waals surface area contributed by atoms with Crippen LogP contribution in [0, 0.1) is 5.92 Å². The lowest BCUT2D eigenvalue weighted by molar-refractivity contribution is -0.131. The molecule has 0 bridgehead atoms. The largest absolute Gasteiger partial charge is 0.341 e. The van der Waals surface area contributed by atoms with Crippen LogP contribution in [0.4, 0.5) is 0 Å². The van der Waals surface area contributed by atoms with Crippen molar-refractivity contribution < 1.29 is 4.79 Å². The molecule has 1 heterocycles. The predicted molar refractivity (Wildman–Crippen MR) is 105 cm³/mol. The fourth-order valence-electron chi connectivity index (χ4n) is 3.22. The lowest BCUT2D eigenvalue weighted by Gasteiger charge is -2.24. The number of halogens is 2. The summed E-state index contributed by atoms with van der Waals surface area (Å²) in [5.74, 6) is 0.693. The van der Waals surface area contributed by atoms with Crippen LogP contribution >= 0.6 is 24.8 Å². The maximum absolute atomic E-state index is 12.5. The van der Waals surface area contributed by atoms with Crippen LogP contribution < -0.4 is 5.73 Å². The van der Waals surface area contributed by atoms with Crippen molar-refractivity contribution in [1.82, 2.24) is 9.80 Å². The number of amides is 1. The van der Waals surface area contributed by atoms with E-state index in [2.05, 4.69) is 18.7 Å². The van der Waals surface area contributed by atoms with Crippen LogP contribution in [0.1, 0.15) is 25.8 Å². The molecule has 6 heteroatoms. The van der Waals surface area contributed by atoms with Crippen LogP contribution in [0.2, 0.25) is 0 Å². The molecule has 1 aliphatic rings. The summed E-state index contributed by atoms with van der Waals surface area (Å²) in [5.41, 5.74) is 7.25. The standard InChI is InChI=1S/C18H29N3O.2ClH/c1-3-20(4-2)13-16-10-11-21(14-16)18(22)17(19)12-15-8-6-5-7-9-15;;/h5-9,16-17H,3-4,10-14,19H2,1-2H3;2*1H. The van der Waals surface area contributed by atoms with Gasteiger partial charge in [-0.15, -0.1) is 24.8 Å². The predicted octanol–water partition coefficient (Wildman–Crippen LogP) is 2.59. The molecule has 1 aromatic rings. The Morgan fingerprint density at radius 2 is 1.88 bits per heavy atom. The van der Waals surface area contributed by atoms with Gasteiger partial charge in [-0.05, 0) is 37.4 Å². The molecule has 138 valence electrons. The first-order chi connectivity index (χ1) is 10.6. The van der Waals surface area contributed by atoms with Crippen molar-refractivity contribution in [2.24, 2.45) is 11.7 Å². The van der Waals surface area contributed by atoms with Gasteiger partial charge in [-0.2, -0.15) is 0 Å². The zero-order chi connectivity index (χ0) is 15.9. The normalized spacial score (nSPS) is 18.0. The van der Waals surface area contributed by atoms with E-state index in [1.807, 2.05) is 35.2 Å². The summed E-state index contributed by atoms with van der Waals surface area (Å²) in [7, 11) is 0. The fourth-order valence-corrected chi connectivity index (χ4v) is 3.22. The Morgan fingerprint density at radius 1 is 1.25 bits per heavy atom. The third-order valence-electron chi connectivity index (χ3n) is 4.62. The first kappa shape index (κ1) is 23.2. The molecule has 4 nitrogen and oxygen atoms in total. The van der Waals surface area contributed by atoms with Crippen LogP contribution in [-0.4, -0.2) is 54.5 Å². The molecule has 2 unspecified atom stereocenters. The highest BCUT2D eigenvalue weighted by molar-refractivity contribution is 5.85. The maximum Gasteiger partial charge on any atom is 0.239 e. The SMILES string of the molecule is CCN(CC)CC1CCN(C(=O)C(N)Cc2ccccc2)C1.Cl.Cl. The lowest BCUT2D eigenvalue weighted by atomic mass is 10.1. The van der Waals surface area contributed by atoms with Crippen molar-refractivity contribution >= 4 is 30.7 Å². The van der Waals surface area contributed by atoms with Crippen LogP contribution in [-0.2, 0) is 11.2 Å². The van der Waals surface area contributed by atoms with E-state index in [1.165, 1.54) is 0 Å². The smallest absolute Gasteiger partial charge is 0.239 e. The van der Waals surface area contributed by atoms with Gasteiger partial charge in [-0.25, -0.2) is 0 Å². The first-order valence-corrected chi connectivity index (χ1v) is 8.44. The summed E-state index contributed by atoms with van der Waals surface area (Å²) in [5, 5.41) is 0. The number of hydrogen-bond donors (Lipinski definition) is 1. The summed E-state index contributed by atoms with van der Waals surface area (Å²) < 4.78 is 0. The molecular weight excluding hydrogens is 345 g/mol. The van der Waals surface area contributed by atoms with Gasteiger partial charge >= 0.3 is 0 Å². The van der Waals surface area contributed by atoms with E-state index in [9.17, 15) is 4.79 Å². The third kappa shape index (κ3) is 6.60. The molecule has 2 N–H and O–H groups in total. The van der Waals surface area contributed by atoms with Gasteiger partial charge in [0.2, 0.25) is 5.91 Å². The quantitative estimate of drug-likeness (QED) is 0.796. The monoisotopic (exact) mass is 375 g/mol. The first-order valence-electron chi connectivity index (χ1n) is 8.44. The Balaban J connectivity index is 0.00000264. The van der Waals surface area contributed by atoms with Gasteiger partial charge in [0.15, 0.2) is 0 Å². The Hall–Kier alpha value is -0.810. The third-order valence-corrected chi connectivity index (χ3v) is 4.62. The van der Waals surface area contributed by atoms with E-state index in [0.717, 1.165) is 44.7 Å². The van der Waals surface area contributed by atoms with Gasteiger partial charge in [-0.1, -0.05) is 44.2 Å². The van der Waals surface area contributed by atoms with Crippen LogP contribution in [0.3, 0.4) is 0 Å². The zero-order valence-electron chi connectivity index (χ0n) is 14.7.